The summed E-state index contributed by atoms with van der Waals surface area (Å²) in [5.41, 5.74) is 0.509. The monoisotopic (exact) mass is 483 g/mol. The third kappa shape index (κ3) is 6.38. The summed E-state index contributed by atoms with van der Waals surface area (Å²) in [7, 11) is 2.98. The third-order valence-corrected chi connectivity index (χ3v) is 5.19. The highest BCUT2D eigenvalue weighted by atomic mass is 19.1. The van der Waals surface area contributed by atoms with Gasteiger partial charge in [0.1, 0.15) is 17.3 Å². The van der Waals surface area contributed by atoms with Crippen molar-refractivity contribution in [3.63, 3.8) is 0 Å². The van der Waals surface area contributed by atoms with E-state index in [4.69, 9.17) is 9.47 Å². The molecule has 0 bridgehead atoms. The van der Waals surface area contributed by atoms with E-state index in [1.165, 1.54) is 43.1 Å². The van der Waals surface area contributed by atoms with Crippen molar-refractivity contribution in [2.24, 2.45) is 7.05 Å². The van der Waals surface area contributed by atoms with E-state index in [1.54, 1.807) is 37.3 Å². The molecule has 0 radical (unpaired) electrons. The molecule has 0 aliphatic carbocycles. The van der Waals surface area contributed by atoms with Crippen molar-refractivity contribution < 1.29 is 28.6 Å². The lowest BCUT2D eigenvalue weighted by atomic mass is 9.97. The Bertz CT molecular complexity index is 1290. The zero-order valence-electron chi connectivity index (χ0n) is 19.5. The normalized spacial score (nSPS) is 11.4. The van der Waals surface area contributed by atoms with E-state index in [2.05, 4.69) is 10.6 Å². The molecule has 10 heteroatoms. The van der Waals surface area contributed by atoms with Gasteiger partial charge in [-0.25, -0.2) is 9.18 Å². The number of benzene rings is 2. The zero-order chi connectivity index (χ0) is 25.5. The largest absolute Gasteiger partial charge is 0.505 e. The maximum Gasteiger partial charge on any atom is 0.319 e. The first-order valence-electron chi connectivity index (χ1n) is 10.8. The van der Waals surface area contributed by atoms with Crippen LogP contribution in [0.1, 0.15) is 24.9 Å². The zero-order valence-corrected chi connectivity index (χ0v) is 19.5. The molecular weight excluding hydrogens is 457 g/mol. The summed E-state index contributed by atoms with van der Waals surface area (Å²) in [6.45, 7) is 1.77. The number of aromatic hydroxyl groups is 1. The van der Waals surface area contributed by atoms with Gasteiger partial charge in [0, 0.05) is 13.2 Å². The molecule has 1 heterocycles. The maximum absolute atomic E-state index is 14.6. The highest BCUT2D eigenvalue weighted by molar-refractivity contribution is 5.91. The van der Waals surface area contributed by atoms with Crippen molar-refractivity contribution in [3.8, 4) is 22.6 Å². The quantitative estimate of drug-likeness (QED) is 0.420. The molecule has 3 rings (SSSR count). The molecule has 1 atom stereocenters. The molecule has 9 nitrogen and oxygen atoms in total. The van der Waals surface area contributed by atoms with Crippen molar-refractivity contribution in [2.75, 3.05) is 19.0 Å². The van der Waals surface area contributed by atoms with Crippen molar-refractivity contribution in [2.45, 2.75) is 19.4 Å². The highest BCUT2D eigenvalue weighted by Crippen LogP contribution is 2.29. The number of halogens is 1. The first-order valence-corrected chi connectivity index (χ1v) is 10.8. The Hall–Kier alpha value is -4.34. The number of aryl methyl sites for hydroxylation is 1. The Morgan fingerprint density at radius 1 is 1.14 bits per heavy atom. The van der Waals surface area contributed by atoms with Crippen LogP contribution >= 0.6 is 0 Å². The number of methoxy groups -OCH3 is 1. The summed E-state index contributed by atoms with van der Waals surface area (Å²) < 4.78 is 26.0. The minimum Gasteiger partial charge on any atom is -0.505 e. The van der Waals surface area contributed by atoms with Crippen molar-refractivity contribution >= 4 is 17.7 Å². The lowest BCUT2D eigenvalue weighted by Crippen LogP contribution is -2.36. The van der Waals surface area contributed by atoms with E-state index in [0.29, 0.717) is 22.4 Å². The number of aromatic nitrogens is 1. The van der Waals surface area contributed by atoms with E-state index in [9.17, 15) is 23.9 Å². The molecule has 0 aliphatic heterocycles. The minimum absolute atomic E-state index is 0.129. The van der Waals surface area contributed by atoms with Crippen LogP contribution in [0.4, 0.5) is 14.9 Å². The smallest absolute Gasteiger partial charge is 0.319 e. The number of ether oxygens (including phenoxy) is 2. The fraction of sp³-hybridized carbons (Fsp3) is 0.240. The molecule has 184 valence electrons. The summed E-state index contributed by atoms with van der Waals surface area (Å²) in [5.74, 6) is -1.02. The number of hydrogen-bond donors (Lipinski definition) is 3. The van der Waals surface area contributed by atoms with Crippen LogP contribution in [-0.2, 0) is 16.6 Å². The van der Waals surface area contributed by atoms with E-state index in [1.807, 2.05) is 0 Å². The van der Waals surface area contributed by atoms with Gasteiger partial charge in [0.15, 0.2) is 5.69 Å². The molecular formula is C25H26FN3O6. The molecule has 0 aliphatic rings. The van der Waals surface area contributed by atoms with Crippen LogP contribution in [0.15, 0.2) is 59.5 Å². The number of hydrogen-bond acceptors (Lipinski definition) is 6. The van der Waals surface area contributed by atoms with Gasteiger partial charge in [0.25, 0.3) is 5.56 Å². The molecule has 0 unspecified atom stereocenters. The van der Waals surface area contributed by atoms with Gasteiger partial charge in [0.05, 0.1) is 26.2 Å². The molecule has 2 aromatic carbocycles. The van der Waals surface area contributed by atoms with E-state index < -0.39 is 35.2 Å². The second kappa shape index (κ2) is 11.2. The summed E-state index contributed by atoms with van der Waals surface area (Å²) in [6, 6.07) is 10.6. The second-order valence-corrected chi connectivity index (χ2v) is 7.66. The van der Waals surface area contributed by atoms with Crippen molar-refractivity contribution in [1.29, 1.82) is 0 Å². The Kier molecular flexibility index (Phi) is 8.08. The van der Waals surface area contributed by atoms with Crippen LogP contribution in [-0.4, -0.2) is 35.4 Å². The molecule has 0 spiro atoms. The van der Waals surface area contributed by atoms with Crippen LogP contribution in [0.3, 0.4) is 0 Å². The average Bonchev–Trinajstić information content (AvgIpc) is 2.83. The number of urea groups is 1. The minimum atomic E-state index is -0.996. The van der Waals surface area contributed by atoms with E-state index >= 15 is 0 Å². The van der Waals surface area contributed by atoms with Gasteiger partial charge in [-0.05, 0) is 60.0 Å². The molecule has 3 N–H and O–H groups in total. The van der Waals surface area contributed by atoms with E-state index in [0.717, 1.165) is 0 Å². The van der Waals surface area contributed by atoms with Crippen molar-refractivity contribution in [1.82, 2.24) is 9.88 Å². The van der Waals surface area contributed by atoms with Gasteiger partial charge < -0.3 is 29.8 Å². The van der Waals surface area contributed by atoms with Gasteiger partial charge in [-0.3, -0.25) is 9.59 Å². The number of carbonyl (C=O) groups excluding carboxylic acids is 2. The predicted molar refractivity (Wildman–Crippen MR) is 128 cm³/mol. The number of pyridine rings is 1. The summed E-state index contributed by atoms with van der Waals surface area (Å²) in [6.07, 6.45) is 1.05. The molecule has 1 aromatic heterocycles. The van der Waals surface area contributed by atoms with E-state index in [-0.39, 0.29) is 18.7 Å². The fourth-order valence-corrected chi connectivity index (χ4v) is 3.47. The van der Waals surface area contributed by atoms with Crippen LogP contribution < -0.4 is 20.9 Å². The van der Waals surface area contributed by atoms with Crippen LogP contribution in [0.2, 0.25) is 0 Å². The number of amides is 2. The lowest BCUT2D eigenvalue weighted by Gasteiger charge is -2.20. The summed E-state index contributed by atoms with van der Waals surface area (Å²) >= 11 is 0. The van der Waals surface area contributed by atoms with Gasteiger partial charge in [-0.2, -0.15) is 0 Å². The average molecular weight is 483 g/mol. The number of rotatable bonds is 8. The summed E-state index contributed by atoms with van der Waals surface area (Å²) in [5, 5.41) is 14.9. The Labute approximate surface area is 201 Å². The predicted octanol–water partition coefficient (Wildman–Crippen LogP) is 3.72. The maximum atomic E-state index is 14.6. The molecule has 3 aromatic rings. The van der Waals surface area contributed by atoms with Gasteiger partial charge in [-0.15, -0.1) is 0 Å². The number of carbonyl (C=O) groups is 2. The SMILES string of the molecule is CCOC(=O)C[C@H](NC(=O)Nc1c(O)ccn(C)c1=O)c1cc(F)cc(-c2cccc(OC)c2)c1. The Morgan fingerprint density at radius 3 is 2.63 bits per heavy atom. The molecule has 2 amide bonds. The van der Waals surface area contributed by atoms with Crippen LogP contribution in [0.25, 0.3) is 11.1 Å². The van der Waals surface area contributed by atoms with Crippen LogP contribution in [0, 0.1) is 5.82 Å². The number of nitrogens with one attached hydrogen (secondary N) is 2. The molecule has 0 fully saturated rings. The van der Waals surface area contributed by atoms with Crippen molar-refractivity contribution in [3.05, 3.63) is 76.5 Å². The molecule has 0 saturated carbocycles. The highest BCUT2D eigenvalue weighted by Gasteiger charge is 2.22. The van der Waals surface area contributed by atoms with Gasteiger partial charge in [0.2, 0.25) is 0 Å². The number of anilines is 1. The third-order valence-electron chi connectivity index (χ3n) is 5.19. The van der Waals surface area contributed by atoms with Gasteiger partial charge in [-0.1, -0.05) is 12.1 Å². The van der Waals surface area contributed by atoms with Crippen LogP contribution in [0.5, 0.6) is 11.5 Å². The Morgan fingerprint density at radius 2 is 1.91 bits per heavy atom. The first-order chi connectivity index (χ1) is 16.7. The number of nitrogens with zero attached hydrogens (tertiary/aromatic N) is 1. The Balaban J connectivity index is 1.94. The van der Waals surface area contributed by atoms with Gasteiger partial charge >= 0.3 is 12.0 Å². The lowest BCUT2D eigenvalue weighted by molar-refractivity contribution is -0.143. The summed E-state index contributed by atoms with van der Waals surface area (Å²) in [4.78, 5) is 37.2. The molecule has 0 saturated heterocycles. The number of esters is 1. The fourth-order valence-electron chi connectivity index (χ4n) is 3.47. The standard InChI is InChI=1S/C25H26FN3O6/c1-4-35-22(31)14-20(27-25(33)28-23-21(30)8-9-29(2)24(23)32)17-10-16(11-18(26)12-17)15-6-5-7-19(13-15)34-3/h5-13,20,30H,4,14H2,1-3H3,(H2,27,28,33)/t20-/m0/s1. The first kappa shape index (κ1) is 25.3. The topological polar surface area (TPSA) is 119 Å². The second-order valence-electron chi connectivity index (χ2n) is 7.66. The molecule has 35 heavy (non-hydrogen) atoms.